The van der Waals surface area contributed by atoms with Crippen LogP contribution in [0.1, 0.15) is 5.56 Å². The summed E-state index contributed by atoms with van der Waals surface area (Å²) in [6.45, 7) is 1.81. The van der Waals surface area contributed by atoms with Crippen molar-refractivity contribution in [2.75, 3.05) is 5.73 Å². The standard InChI is InChI=1S/C15H12FN3O/c1-9-6-10(8-11(16)7-9)14-18-15(20-19-14)12-4-2-3-5-13(12)17/h2-8H,17H2,1H3. The summed E-state index contributed by atoms with van der Waals surface area (Å²) in [6.07, 6.45) is 0. The number of benzene rings is 2. The molecule has 0 radical (unpaired) electrons. The van der Waals surface area contributed by atoms with Crippen LogP contribution in [0.3, 0.4) is 0 Å². The zero-order valence-corrected chi connectivity index (χ0v) is 10.8. The van der Waals surface area contributed by atoms with Gasteiger partial charge in [-0.3, -0.25) is 0 Å². The molecule has 0 spiro atoms. The van der Waals surface area contributed by atoms with Gasteiger partial charge in [0, 0.05) is 11.3 Å². The highest BCUT2D eigenvalue weighted by Crippen LogP contribution is 2.26. The Morgan fingerprint density at radius 2 is 1.95 bits per heavy atom. The summed E-state index contributed by atoms with van der Waals surface area (Å²) in [4.78, 5) is 4.27. The second-order valence-corrected chi connectivity index (χ2v) is 4.53. The Morgan fingerprint density at radius 3 is 2.70 bits per heavy atom. The normalized spacial score (nSPS) is 10.7. The van der Waals surface area contributed by atoms with E-state index in [1.54, 1.807) is 18.2 Å². The number of hydrogen-bond donors (Lipinski definition) is 1. The number of hydrogen-bond acceptors (Lipinski definition) is 4. The second-order valence-electron chi connectivity index (χ2n) is 4.53. The summed E-state index contributed by atoms with van der Waals surface area (Å²) in [5, 5.41) is 3.88. The number of halogens is 1. The number of nitrogens with two attached hydrogens (primary N) is 1. The van der Waals surface area contributed by atoms with Crippen LogP contribution in [0, 0.1) is 12.7 Å². The molecular weight excluding hydrogens is 257 g/mol. The Labute approximate surface area is 115 Å². The number of nitrogens with zero attached hydrogens (tertiary/aromatic N) is 2. The molecule has 3 aromatic rings. The maximum Gasteiger partial charge on any atom is 0.260 e. The van der Waals surface area contributed by atoms with Gasteiger partial charge in [0.1, 0.15) is 5.82 Å². The quantitative estimate of drug-likeness (QED) is 0.724. The summed E-state index contributed by atoms with van der Waals surface area (Å²) in [7, 11) is 0. The first-order valence-electron chi connectivity index (χ1n) is 6.09. The van der Waals surface area contributed by atoms with Crippen molar-refractivity contribution >= 4 is 5.69 Å². The molecule has 0 bridgehead atoms. The lowest BCUT2D eigenvalue weighted by Gasteiger charge is -1.98. The van der Waals surface area contributed by atoms with Crippen LogP contribution in [0.25, 0.3) is 22.8 Å². The van der Waals surface area contributed by atoms with E-state index in [0.29, 0.717) is 28.5 Å². The maximum atomic E-state index is 13.4. The molecule has 100 valence electrons. The summed E-state index contributed by atoms with van der Waals surface area (Å²) in [5.41, 5.74) is 8.45. The van der Waals surface area contributed by atoms with Crippen molar-refractivity contribution in [3.05, 3.63) is 53.8 Å². The van der Waals surface area contributed by atoms with E-state index in [1.165, 1.54) is 12.1 Å². The van der Waals surface area contributed by atoms with Gasteiger partial charge in [-0.15, -0.1) is 0 Å². The maximum absolute atomic E-state index is 13.4. The van der Waals surface area contributed by atoms with Crippen LogP contribution in [0.5, 0.6) is 0 Å². The molecule has 2 N–H and O–H groups in total. The van der Waals surface area contributed by atoms with Gasteiger partial charge in [-0.1, -0.05) is 17.3 Å². The largest absolute Gasteiger partial charge is 0.398 e. The van der Waals surface area contributed by atoms with Crippen LogP contribution >= 0.6 is 0 Å². The molecular formula is C15H12FN3O. The summed E-state index contributed by atoms with van der Waals surface area (Å²) in [5.74, 6) is 0.330. The van der Waals surface area contributed by atoms with Gasteiger partial charge in [-0.05, 0) is 42.8 Å². The monoisotopic (exact) mass is 269 g/mol. The Kier molecular flexibility index (Phi) is 2.95. The molecule has 0 aliphatic rings. The summed E-state index contributed by atoms with van der Waals surface area (Å²) in [6, 6.07) is 11.8. The van der Waals surface area contributed by atoms with Crippen molar-refractivity contribution in [3.8, 4) is 22.8 Å². The molecule has 20 heavy (non-hydrogen) atoms. The third-order valence-corrected chi connectivity index (χ3v) is 2.92. The molecule has 4 nitrogen and oxygen atoms in total. The number of aromatic nitrogens is 2. The van der Waals surface area contributed by atoms with E-state index in [-0.39, 0.29) is 5.82 Å². The van der Waals surface area contributed by atoms with Gasteiger partial charge < -0.3 is 10.3 Å². The van der Waals surface area contributed by atoms with Crippen LogP contribution in [-0.4, -0.2) is 10.1 Å². The van der Waals surface area contributed by atoms with E-state index in [2.05, 4.69) is 10.1 Å². The van der Waals surface area contributed by atoms with Gasteiger partial charge in [-0.2, -0.15) is 4.98 Å². The summed E-state index contributed by atoms with van der Waals surface area (Å²) < 4.78 is 18.6. The van der Waals surface area contributed by atoms with Gasteiger partial charge in [-0.25, -0.2) is 4.39 Å². The molecule has 0 fully saturated rings. The van der Waals surface area contributed by atoms with Crippen LogP contribution in [0.15, 0.2) is 47.0 Å². The van der Waals surface area contributed by atoms with E-state index in [0.717, 1.165) is 5.56 Å². The van der Waals surface area contributed by atoms with Gasteiger partial charge in [0.15, 0.2) is 0 Å². The Hall–Kier alpha value is -2.69. The summed E-state index contributed by atoms with van der Waals surface area (Å²) >= 11 is 0. The highest BCUT2D eigenvalue weighted by atomic mass is 19.1. The lowest BCUT2D eigenvalue weighted by Crippen LogP contribution is -1.89. The van der Waals surface area contributed by atoms with Crippen molar-refractivity contribution in [2.24, 2.45) is 0 Å². The van der Waals surface area contributed by atoms with E-state index in [9.17, 15) is 4.39 Å². The minimum atomic E-state index is -0.328. The fourth-order valence-electron chi connectivity index (χ4n) is 2.01. The Balaban J connectivity index is 2.04. The zero-order chi connectivity index (χ0) is 14.1. The van der Waals surface area contributed by atoms with Gasteiger partial charge in [0.25, 0.3) is 5.89 Å². The average molecular weight is 269 g/mol. The molecule has 2 aromatic carbocycles. The minimum Gasteiger partial charge on any atom is -0.398 e. The fourth-order valence-corrected chi connectivity index (χ4v) is 2.01. The van der Waals surface area contributed by atoms with Crippen LogP contribution < -0.4 is 5.73 Å². The first-order valence-corrected chi connectivity index (χ1v) is 6.09. The van der Waals surface area contributed by atoms with Crippen molar-refractivity contribution in [1.29, 1.82) is 0 Å². The molecule has 3 rings (SSSR count). The molecule has 0 aliphatic carbocycles. The van der Waals surface area contributed by atoms with E-state index < -0.39 is 0 Å². The smallest absolute Gasteiger partial charge is 0.260 e. The molecule has 1 heterocycles. The number of para-hydroxylation sites is 1. The van der Waals surface area contributed by atoms with Crippen molar-refractivity contribution in [1.82, 2.24) is 10.1 Å². The molecule has 0 saturated heterocycles. The van der Waals surface area contributed by atoms with Crippen LogP contribution in [0.4, 0.5) is 10.1 Å². The molecule has 0 amide bonds. The van der Waals surface area contributed by atoms with E-state index in [4.69, 9.17) is 10.3 Å². The third-order valence-electron chi connectivity index (χ3n) is 2.92. The van der Waals surface area contributed by atoms with Crippen LogP contribution in [0.2, 0.25) is 0 Å². The Bertz CT molecular complexity index is 747. The van der Waals surface area contributed by atoms with Crippen molar-refractivity contribution in [3.63, 3.8) is 0 Å². The highest BCUT2D eigenvalue weighted by Gasteiger charge is 2.13. The highest BCUT2D eigenvalue weighted by molar-refractivity contribution is 5.71. The lowest BCUT2D eigenvalue weighted by atomic mass is 10.1. The minimum absolute atomic E-state index is 0.319. The fraction of sp³-hybridized carbons (Fsp3) is 0.0667. The van der Waals surface area contributed by atoms with E-state index in [1.807, 2.05) is 19.1 Å². The predicted octanol–water partition coefficient (Wildman–Crippen LogP) is 3.43. The number of nitrogen functional groups attached to an aromatic ring is 1. The predicted molar refractivity (Wildman–Crippen MR) is 74.3 cm³/mol. The average Bonchev–Trinajstić information content (AvgIpc) is 2.87. The van der Waals surface area contributed by atoms with Gasteiger partial charge >= 0.3 is 0 Å². The third kappa shape index (κ3) is 2.25. The SMILES string of the molecule is Cc1cc(F)cc(-c2noc(-c3ccccc3N)n2)c1. The molecule has 0 unspecified atom stereocenters. The molecule has 1 aromatic heterocycles. The topological polar surface area (TPSA) is 64.9 Å². The Morgan fingerprint density at radius 1 is 1.15 bits per heavy atom. The van der Waals surface area contributed by atoms with Crippen molar-refractivity contribution < 1.29 is 8.91 Å². The number of aryl methyl sites for hydroxylation is 1. The first kappa shape index (κ1) is 12.3. The molecule has 5 heteroatoms. The van der Waals surface area contributed by atoms with Crippen LogP contribution in [-0.2, 0) is 0 Å². The van der Waals surface area contributed by atoms with E-state index >= 15 is 0 Å². The van der Waals surface area contributed by atoms with Gasteiger partial charge in [0.2, 0.25) is 5.82 Å². The second kappa shape index (κ2) is 4.77. The molecule has 0 atom stereocenters. The zero-order valence-electron chi connectivity index (χ0n) is 10.8. The molecule has 0 saturated carbocycles. The number of anilines is 1. The lowest BCUT2D eigenvalue weighted by molar-refractivity contribution is 0.432. The number of rotatable bonds is 2. The van der Waals surface area contributed by atoms with Gasteiger partial charge in [0.05, 0.1) is 5.56 Å². The van der Waals surface area contributed by atoms with Crippen molar-refractivity contribution in [2.45, 2.75) is 6.92 Å². The molecule has 0 aliphatic heterocycles. The first-order chi connectivity index (χ1) is 9.63.